The fraction of sp³-hybridized carbons (Fsp3) is 0.810. The predicted molar refractivity (Wildman–Crippen MR) is 90.0 cm³/mol. The minimum atomic E-state index is 0.533. The molecule has 0 aromatic heterocycles. The van der Waals surface area contributed by atoms with E-state index < -0.39 is 0 Å². The van der Waals surface area contributed by atoms with Crippen LogP contribution in [0, 0.1) is 34.5 Å². The van der Waals surface area contributed by atoms with Crippen molar-refractivity contribution < 1.29 is 0 Å². The molecule has 0 spiro atoms. The Morgan fingerprint density at radius 3 is 2.52 bits per heavy atom. The molecule has 0 heterocycles. The molecule has 4 rings (SSSR count). The molecule has 21 heavy (non-hydrogen) atoms. The van der Waals surface area contributed by atoms with Gasteiger partial charge in [0.05, 0.1) is 0 Å². The minimum Gasteiger partial charge on any atom is -0.0847 e. The zero-order valence-corrected chi connectivity index (χ0v) is 14.4. The Balaban J connectivity index is 1.68. The second kappa shape index (κ2) is 4.49. The van der Waals surface area contributed by atoms with Crippen LogP contribution in [0.3, 0.4) is 0 Å². The van der Waals surface area contributed by atoms with Crippen LogP contribution in [0.25, 0.3) is 0 Å². The normalized spacial score (nSPS) is 52.4. The van der Waals surface area contributed by atoms with E-state index in [0.29, 0.717) is 10.8 Å². The van der Waals surface area contributed by atoms with Crippen molar-refractivity contribution >= 4 is 0 Å². The molecule has 4 aliphatic rings. The molecule has 0 amide bonds. The van der Waals surface area contributed by atoms with E-state index in [0.717, 1.165) is 23.7 Å². The highest BCUT2D eigenvalue weighted by Crippen LogP contribution is 2.65. The molecule has 0 nitrogen and oxygen atoms in total. The molecule has 0 bridgehead atoms. The smallest absolute Gasteiger partial charge is 0.00850 e. The molecule has 5 unspecified atom stereocenters. The SMILES string of the molecule is CC1=CCC2C3CC=C4C[C@H](C)CCC4(C)C3CCC12C. The zero-order chi connectivity index (χ0) is 14.8. The first kappa shape index (κ1) is 14.1. The van der Waals surface area contributed by atoms with Gasteiger partial charge < -0.3 is 0 Å². The van der Waals surface area contributed by atoms with Crippen molar-refractivity contribution in [3.63, 3.8) is 0 Å². The van der Waals surface area contributed by atoms with E-state index in [1.54, 1.807) is 5.57 Å². The Kier molecular flexibility index (Phi) is 3.02. The summed E-state index contributed by atoms with van der Waals surface area (Å²) in [5.41, 5.74) is 4.62. The molecule has 0 aliphatic heterocycles. The van der Waals surface area contributed by atoms with E-state index in [1.807, 2.05) is 5.57 Å². The first-order valence-electron chi connectivity index (χ1n) is 9.32. The molecular formula is C21H32. The lowest BCUT2D eigenvalue weighted by atomic mass is 9.47. The van der Waals surface area contributed by atoms with Crippen LogP contribution in [0.5, 0.6) is 0 Å². The Morgan fingerprint density at radius 2 is 1.71 bits per heavy atom. The molecule has 0 aromatic carbocycles. The van der Waals surface area contributed by atoms with Gasteiger partial charge in [-0.1, -0.05) is 44.1 Å². The Morgan fingerprint density at radius 1 is 0.952 bits per heavy atom. The lowest BCUT2D eigenvalue weighted by molar-refractivity contribution is -0.0202. The molecule has 4 aliphatic carbocycles. The second-order valence-electron chi connectivity index (χ2n) is 9.19. The lowest BCUT2D eigenvalue weighted by Gasteiger charge is -2.57. The minimum absolute atomic E-state index is 0.533. The van der Waals surface area contributed by atoms with Crippen LogP contribution < -0.4 is 0 Å². The predicted octanol–water partition coefficient (Wildman–Crippen LogP) is 6.14. The quantitative estimate of drug-likeness (QED) is 0.469. The van der Waals surface area contributed by atoms with Crippen molar-refractivity contribution in [2.45, 2.75) is 72.6 Å². The van der Waals surface area contributed by atoms with Gasteiger partial charge >= 0.3 is 0 Å². The maximum absolute atomic E-state index is 2.69. The Bertz CT molecular complexity index is 510. The van der Waals surface area contributed by atoms with Crippen LogP contribution in [0.15, 0.2) is 23.3 Å². The van der Waals surface area contributed by atoms with Crippen molar-refractivity contribution in [3.05, 3.63) is 23.3 Å². The summed E-state index contributed by atoms with van der Waals surface area (Å²) in [6, 6.07) is 0. The summed E-state index contributed by atoms with van der Waals surface area (Å²) in [5, 5.41) is 0. The lowest BCUT2D eigenvalue weighted by Crippen LogP contribution is -2.49. The molecule has 2 fully saturated rings. The molecule has 0 radical (unpaired) electrons. The first-order chi connectivity index (χ1) is 9.95. The van der Waals surface area contributed by atoms with Gasteiger partial charge in [-0.15, -0.1) is 0 Å². The van der Waals surface area contributed by atoms with Crippen molar-refractivity contribution in [2.75, 3.05) is 0 Å². The summed E-state index contributed by atoms with van der Waals surface area (Å²) < 4.78 is 0. The summed E-state index contributed by atoms with van der Waals surface area (Å²) in [7, 11) is 0. The van der Waals surface area contributed by atoms with Gasteiger partial charge in [0, 0.05) is 0 Å². The maximum Gasteiger partial charge on any atom is -0.00850 e. The molecule has 2 saturated carbocycles. The largest absolute Gasteiger partial charge is 0.0847 e. The number of hydrogen-bond donors (Lipinski definition) is 0. The van der Waals surface area contributed by atoms with Crippen LogP contribution in [0.2, 0.25) is 0 Å². The summed E-state index contributed by atoms with van der Waals surface area (Å²) in [5.74, 6) is 3.79. The van der Waals surface area contributed by atoms with E-state index in [1.165, 1.54) is 44.9 Å². The Hall–Kier alpha value is -0.520. The molecule has 6 atom stereocenters. The van der Waals surface area contributed by atoms with E-state index in [-0.39, 0.29) is 0 Å². The van der Waals surface area contributed by atoms with Crippen LogP contribution in [-0.4, -0.2) is 0 Å². The monoisotopic (exact) mass is 284 g/mol. The van der Waals surface area contributed by atoms with E-state index >= 15 is 0 Å². The fourth-order valence-electron chi connectivity index (χ4n) is 6.62. The van der Waals surface area contributed by atoms with Crippen LogP contribution >= 0.6 is 0 Å². The van der Waals surface area contributed by atoms with Crippen molar-refractivity contribution in [1.29, 1.82) is 0 Å². The standard InChI is InChI=1S/C21H32/c1-14-9-11-21(4)16(13-14)6-7-17-18-8-5-15(2)20(18,3)12-10-19(17)21/h5-6,14,17-19H,7-13H2,1-4H3/t14-,17?,18?,19?,20?,21?/m1/s1. The van der Waals surface area contributed by atoms with Crippen molar-refractivity contribution in [3.8, 4) is 0 Å². The topological polar surface area (TPSA) is 0 Å². The third-order valence-corrected chi connectivity index (χ3v) is 8.32. The molecule has 0 N–H and O–H groups in total. The zero-order valence-electron chi connectivity index (χ0n) is 14.4. The summed E-state index contributed by atoms with van der Waals surface area (Å²) in [6.07, 6.45) is 15.2. The molecule has 0 heteroatoms. The van der Waals surface area contributed by atoms with Gasteiger partial charge in [0.1, 0.15) is 0 Å². The number of rotatable bonds is 0. The average Bonchev–Trinajstić information content (AvgIpc) is 2.76. The highest BCUT2D eigenvalue weighted by Gasteiger charge is 2.55. The first-order valence-corrected chi connectivity index (χ1v) is 9.32. The summed E-state index contributed by atoms with van der Waals surface area (Å²) >= 11 is 0. The van der Waals surface area contributed by atoms with Gasteiger partial charge in [0.25, 0.3) is 0 Å². The third kappa shape index (κ3) is 1.80. The number of hydrogen-bond acceptors (Lipinski definition) is 0. The van der Waals surface area contributed by atoms with Crippen LogP contribution in [-0.2, 0) is 0 Å². The maximum atomic E-state index is 2.69. The highest BCUT2D eigenvalue weighted by molar-refractivity contribution is 5.29. The van der Waals surface area contributed by atoms with Crippen molar-refractivity contribution in [1.82, 2.24) is 0 Å². The van der Waals surface area contributed by atoms with Gasteiger partial charge in [-0.2, -0.15) is 0 Å². The average molecular weight is 284 g/mol. The Labute approximate surface area is 131 Å². The second-order valence-corrected chi connectivity index (χ2v) is 9.19. The number of allylic oxidation sites excluding steroid dienone is 4. The van der Waals surface area contributed by atoms with Crippen molar-refractivity contribution in [2.24, 2.45) is 34.5 Å². The highest BCUT2D eigenvalue weighted by atomic mass is 14.6. The fourth-order valence-corrected chi connectivity index (χ4v) is 6.62. The third-order valence-electron chi connectivity index (χ3n) is 8.32. The van der Waals surface area contributed by atoms with Crippen LogP contribution in [0.4, 0.5) is 0 Å². The van der Waals surface area contributed by atoms with Gasteiger partial charge in [0.15, 0.2) is 0 Å². The van der Waals surface area contributed by atoms with Gasteiger partial charge in [0.2, 0.25) is 0 Å². The molecular weight excluding hydrogens is 252 g/mol. The molecule has 0 saturated heterocycles. The summed E-state index contributed by atoms with van der Waals surface area (Å²) in [4.78, 5) is 0. The van der Waals surface area contributed by atoms with Gasteiger partial charge in [-0.25, -0.2) is 0 Å². The number of fused-ring (bicyclic) bond motifs is 5. The van der Waals surface area contributed by atoms with E-state index in [4.69, 9.17) is 0 Å². The molecule has 116 valence electrons. The van der Waals surface area contributed by atoms with Gasteiger partial charge in [-0.05, 0) is 86.4 Å². The molecule has 0 aromatic rings. The summed E-state index contributed by atoms with van der Waals surface area (Å²) in [6.45, 7) is 10.0. The van der Waals surface area contributed by atoms with E-state index in [9.17, 15) is 0 Å². The van der Waals surface area contributed by atoms with E-state index in [2.05, 4.69) is 39.8 Å². The van der Waals surface area contributed by atoms with Crippen LogP contribution in [0.1, 0.15) is 72.6 Å². The van der Waals surface area contributed by atoms with Gasteiger partial charge in [-0.3, -0.25) is 0 Å².